The molecule has 1 aromatic carbocycles. The Kier molecular flexibility index (Phi) is 5.04. The SMILES string of the molecule is Cc1cccc(-n2c(C)cc(/C=C3/C(=N)N4N=C(N5CCCC5)SC4=NC3=O)c2C)c1C. The zero-order valence-corrected chi connectivity index (χ0v) is 19.6. The van der Waals surface area contributed by atoms with E-state index in [0.29, 0.717) is 5.17 Å². The second kappa shape index (κ2) is 7.78. The van der Waals surface area contributed by atoms with E-state index in [9.17, 15) is 4.79 Å². The molecule has 0 unspecified atom stereocenters. The van der Waals surface area contributed by atoms with Gasteiger partial charge in [-0.3, -0.25) is 10.2 Å². The van der Waals surface area contributed by atoms with Crippen molar-refractivity contribution in [1.29, 1.82) is 5.41 Å². The Balaban J connectivity index is 1.52. The number of likely N-dealkylation sites (tertiary alicyclic amines) is 1. The summed E-state index contributed by atoms with van der Waals surface area (Å²) in [5.74, 6) is -0.304. The Morgan fingerprint density at radius 2 is 1.84 bits per heavy atom. The number of aryl methyl sites for hydroxylation is 2. The van der Waals surface area contributed by atoms with Gasteiger partial charge in [-0.1, -0.05) is 12.1 Å². The summed E-state index contributed by atoms with van der Waals surface area (Å²) in [5, 5.41) is 16.1. The van der Waals surface area contributed by atoms with Crippen LogP contribution in [0.4, 0.5) is 0 Å². The molecule has 8 heteroatoms. The van der Waals surface area contributed by atoms with E-state index in [1.807, 2.05) is 6.92 Å². The maximum atomic E-state index is 12.8. The number of carbonyl (C=O) groups excluding carboxylic acids is 1. The molecule has 1 fully saturated rings. The van der Waals surface area contributed by atoms with Crippen molar-refractivity contribution in [1.82, 2.24) is 14.5 Å². The Hall–Kier alpha value is -3.13. The predicted molar refractivity (Wildman–Crippen MR) is 131 cm³/mol. The van der Waals surface area contributed by atoms with Crippen molar-refractivity contribution >= 4 is 39.9 Å². The lowest BCUT2D eigenvalue weighted by molar-refractivity contribution is -0.114. The molecule has 5 rings (SSSR count). The number of thioether (sulfide) groups is 1. The Bertz CT molecular complexity index is 1250. The number of benzene rings is 1. The molecule has 164 valence electrons. The third-order valence-corrected chi connectivity index (χ3v) is 7.38. The largest absolute Gasteiger partial charge is 0.349 e. The van der Waals surface area contributed by atoms with E-state index in [0.717, 1.165) is 53.7 Å². The summed E-state index contributed by atoms with van der Waals surface area (Å²) in [7, 11) is 0. The van der Waals surface area contributed by atoms with Crippen LogP contribution in [0, 0.1) is 33.1 Å². The molecule has 0 atom stereocenters. The molecule has 32 heavy (non-hydrogen) atoms. The maximum absolute atomic E-state index is 12.8. The van der Waals surface area contributed by atoms with E-state index in [1.54, 1.807) is 6.08 Å². The first-order chi connectivity index (χ1) is 15.3. The molecule has 2 aromatic rings. The maximum Gasteiger partial charge on any atom is 0.283 e. The highest BCUT2D eigenvalue weighted by molar-refractivity contribution is 8.26. The van der Waals surface area contributed by atoms with Crippen LogP contribution in [-0.4, -0.2) is 49.6 Å². The average Bonchev–Trinajstić information content (AvgIpc) is 3.48. The van der Waals surface area contributed by atoms with Crippen molar-refractivity contribution in [2.24, 2.45) is 10.1 Å². The summed E-state index contributed by atoms with van der Waals surface area (Å²) in [6.07, 6.45) is 4.07. The van der Waals surface area contributed by atoms with Gasteiger partial charge in [0, 0.05) is 30.2 Å². The topological polar surface area (TPSA) is 77.1 Å². The molecule has 1 N–H and O–H groups in total. The molecule has 3 aliphatic rings. The first-order valence-electron chi connectivity index (χ1n) is 10.9. The minimum absolute atomic E-state index is 0.0817. The van der Waals surface area contributed by atoms with Crippen LogP contribution >= 0.6 is 11.8 Å². The normalized spacial score (nSPS) is 19.7. The first kappa shape index (κ1) is 20.8. The number of rotatable bonds is 2. The summed E-state index contributed by atoms with van der Waals surface area (Å²) in [5.41, 5.74) is 6.86. The van der Waals surface area contributed by atoms with Crippen molar-refractivity contribution in [2.75, 3.05) is 13.1 Å². The predicted octanol–water partition coefficient (Wildman–Crippen LogP) is 4.38. The smallest absolute Gasteiger partial charge is 0.283 e. The summed E-state index contributed by atoms with van der Waals surface area (Å²) >= 11 is 1.38. The van der Waals surface area contributed by atoms with Gasteiger partial charge in [-0.05, 0) is 87.2 Å². The summed E-state index contributed by atoms with van der Waals surface area (Å²) in [6, 6.07) is 8.34. The van der Waals surface area contributed by atoms with E-state index < -0.39 is 0 Å². The average molecular weight is 447 g/mol. The minimum atomic E-state index is -0.386. The lowest BCUT2D eigenvalue weighted by Crippen LogP contribution is -2.35. The lowest BCUT2D eigenvalue weighted by Gasteiger charge is -2.20. The van der Waals surface area contributed by atoms with Gasteiger partial charge in [-0.2, -0.15) is 10.0 Å². The third kappa shape index (κ3) is 3.30. The number of nitrogens with one attached hydrogen (secondary N) is 1. The number of amidine groups is 3. The molecule has 0 bridgehead atoms. The molecule has 0 radical (unpaired) electrons. The second-order valence-corrected chi connectivity index (χ2v) is 9.41. The number of fused-ring (bicyclic) bond motifs is 1. The highest BCUT2D eigenvalue weighted by Crippen LogP contribution is 2.32. The molecule has 7 nitrogen and oxygen atoms in total. The fourth-order valence-electron chi connectivity index (χ4n) is 4.46. The van der Waals surface area contributed by atoms with E-state index in [4.69, 9.17) is 5.41 Å². The van der Waals surface area contributed by atoms with Crippen LogP contribution in [0.5, 0.6) is 0 Å². The van der Waals surface area contributed by atoms with Gasteiger partial charge in [0.2, 0.25) is 5.17 Å². The number of carbonyl (C=O) groups is 1. The summed E-state index contributed by atoms with van der Waals surface area (Å²) in [4.78, 5) is 19.3. The number of nitrogens with zero attached hydrogens (tertiary/aromatic N) is 5. The van der Waals surface area contributed by atoms with Crippen molar-refractivity contribution in [3.8, 4) is 5.69 Å². The number of hydrogen-bond donors (Lipinski definition) is 1. The third-order valence-electron chi connectivity index (χ3n) is 6.41. The lowest BCUT2D eigenvalue weighted by atomic mass is 10.1. The molecule has 0 aliphatic carbocycles. The van der Waals surface area contributed by atoms with Crippen molar-refractivity contribution in [3.63, 3.8) is 0 Å². The number of aromatic nitrogens is 1. The zero-order chi connectivity index (χ0) is 22.6. The van der Waals surface area contributed by atoms with Gasteiger partial charge in [-0.25, -0.2) is 0 Å². The molecule has 0 spiro atoms. The van der Waals surface area contributed by atoms with Gasteiger partial charge in [-0.15, -0.1) is 5.10 Å². The first-order valence-corrected chi connectivity index (χ1v) is 11.7. The van der Waals surface area contributed by atoms with Gasteiger partial charge >= 0.3 is 0 Å². The van der Waals surface area contributed by atoms with Gasteiger partial charge < -0.3 is 9.47 Å². The van der Waals surface area contributed by atoms with Gasteiger partial charge in [0.05, 0.1) is 5.57 Å². The molecule has 3 aliphatic heterocycles. The van der Waals surface area contributed by atoms with Crippen LogP contribution in [0.1, 0.15) is 40.9 Å². The standard InChI is InChI=1S/C24H26N6OS/c1-14-8-7-9-20(16(14)3)29-15(2)12-18(17(29)4)13-19-21(25)30-23(26-22(19)31)32-24(27-30)28-10-5-6-11-28/h7-9,12-13,25H,5-6,10-11H2,1-4H3/b19-13-,25-21?. The molecule has 0 saturated carbocycles. The Morgan fingerprint density at radius 1 is 1.09 bits per heavy atom. The number of aliphatic imine (C=N–C) groups is 1. The van der Waals surface area contributed by atoms with Gasteiger partial charge in [0.1, 0.15) is 0 Å². The fourth-order valence-corrected chi connectivity index (χ4v) is 5.40. The van der Waals surface area contributed by atoms with Crippen LogP contribution < -0.4 is 0 Å². The highest BCUT2D eigenvalue weighted by atomic mass is 32.2. The minimum Gasteiger partial charge on any atom is -0.349 e. The summed E-state index contributed by atoms with van der Waals surface area (Å²) < 4.78 is 2.20. The van der Waals surface area contributed by atoms with E-state index in [-0.39, 0.29) is 17.3 Å². The van der Waals surface area contributed by atoms with Crippen LogP contribution in [0.15, 0.2) is 39.9 Å². The highest BCUT2D eigenvalue weighted by Gasteiger charge is 2.37. The molecule has 1 aromatic heterocycles. The Morgan fingerprint density at radius 3 is 2.59 bits per heavy atom. The number of hydrogen-bond acceptors (Lipinski definition) is 5. The summed E-state index contributed by atoms with van der Waals surface area (Å²) in [6.45, 7) is 10.3. The van der Waals surface area contributed by atoms with E-state index >= 15 is 0 Å². The number of hydrazone groups is 1. The molecular weight excluding hydrogens is 420 g/mol. The molecular formula is C24H26N6OS. The van der Waals surface area contributed by atoms with Gasteiger partial charge in [0.25, 0.3) is 5.91 Å². The zero-order valence-electron chi connectivity index (χ0n) is 18.8. The Labute approximate surface area is 192 Å². The van der Waals surface area contributed by atoms with E-state index in [1.165, 1.54) is 27.9 Å². The van der Waals surface area contributed by atoms with Crippen molar-refractivity contribution < 1.29 is 4.79 Å². The molecule has 1 saturated heterocycles. The van der Waals surface area contributed by atoms with Gasteiger partial charge in [0.15, 0.2) is 11.0 Å². The monoisotopic (exact) mass is 446 g/mol. The second-order valence-electron chi connectivity index (χ2n) is 8.48. The molecule has 1 amide bonds. The van der Waals surface area contributed by atoms with Crippen LogP contribution in [-0.2, 0) is 4.79 Å². The van der Waals surface area contributed by atoms with Crippen LogP contribution in [0.2, 0.25) is 0 Å². The van der Waals surface area contributed by atoms with Crippen molar-refractivity contribution in [3.05, 3.63) is 57.9 Å². The van der Waals surface area contributed by atoms with Crippen LogP contribution in [0.3, 0.4) is 0 Å². The number of amides is 1. The van der Waals surface area contributed by atoms with Crippen LogP contribution in [0.25, 0.3) is 11.8 Å². The van der Waals surface area contributed by atoms with E-state index in [2.05, 4.69) is 64.6 Å². The quantitative estimate of drug-likeness (QED) is 0.695. The molecule has 4 heterocycles. The fraction of sp³-hybridized carbons (Fsp3) is 0.333. The van der Waals surface area contributed by atoms with Crippen molar-refractivity contribution in [2.45, 2.75) is 40.5 Å².